The number of nitrogens with one attached hydrogen (secondary N) is 2. The number of aryl methyl sites for hydroxylation is 2. The van der Waals surface area contributed by atoms with Crippen LogP contribution in [0.1, 0.15) is 43.3 Å². The number of rotatable bonds is 6. The zero-order valence-electron chi connectivity index (χ0n) is 14.6. The van der Waals surface area contributed by atoms with Gasteiger partial charge in [-0.2, -0.15) is 0 Å². The molecule has 1 unspecified atom stereocenters. The number of hydrogen-bond donors (Lipinski definition) is 2. The molecule has 1 amide bonds. The van der Waals surface area contributed by atoms with Crippen molar-refractivity contribution in [3.8, 4) is 0 Å². The SMILES string of the molecule is CCCCc1nc(C2=NOC(C(=O)Nc3c(C)cccc3Cl)C2)c(Cl)[nH]1. The highest BCUT2D eigenvalue weighted by atomic mass is 35.5. The number of anilines is 1. The third-order valence-electron chi connectivity index (χ3n) is 4.18. The molecule has 8 heteroatoms. The minimum atomic E-state index is -0.743. The first-order chi connectivity index (χ1) is 12.5. The van der Waals surface area contributed by atoms with Gasteiger partial charge in [-0.15, -0.1) is 0 Å². The van der Waals surface area contributed by atoms with Crippen molar-refractivity contribution in [3.05, 3.63) is 45.5 Å². The summed E-state index contributed by atoms with van der Waals surface area (Å²) in [5.74, 6) is 0.506. The third-order valence-corrected chi connectivity index (χ3v) is 4.77. The topological polar surface area (TPSA) is 79.4 Å². The number of unbranched alkanes of at least 4 members (excludes halogenated alkanes) is 1. The lowest BCUT2D eigenvalue weighted by Gasteiger charge is -2.12. The number of halogens is 2. The average molecular weight is 395 g/mol. The van der Waals surface area contributed by atoms with Crippen molar-refractivity contribution >= 4 is 40.5 Å². The summed E-state index contributed by atoms with van der Waals surface area (Å²) in [7, 11) is 0. The maximum atomic E-state index is 12.5. The monoisotopic (exact) mass is 394 g/mol. The number of carbonyl (C=O) groups is 1. The molecule has 1 aromatic heterocycles. The number of para-hydroxylation sites is 1. The van der Waals surface area contributed by atoms with Crippen molar-refractivity contribution in [3.63, 3.8) is 0 Å². The van der Waals surface area contributed by atoms with Gasteiger partial charge in [0.2, 0.25) is 6.10 Å². The minimum absolute atomic E-state index is 0.299. The Balaban J connectivity index is 1.66. The van der Waals surface area contributed by atoms with Gasteiger partial charge in [0.25, 0.3) is 5.91 Å². The van der Waals surface area contributed by atoms with Gasteiger partial charge in [0.05, 0.1) is 10.7 Å². The highest BCUT2D eigenvalue weighted by molar-refractivity contribution is 6.34. The number of aromatic nitrogens is 2. The number of oxime groups is 1. The van der Waals surface area contributed by atoms with Crippen LogP contribution in [0.15, 0.2) is 23.4 Å². The number of carbonyl (C=O) groups excluding carboxylic acids is 1. The van der Waals surface area contributed by atoms with Crippen LogP contribution < -0.4 is 5.32 Å². The molecule has 26 heavy (non-hydrogen) atoms. The molecule has 1 aliphatic heterocycles. The van der Waals surface area contributed by atoms with Gasteiger partial charge in [-0.25, -0.2) is 4.98 Å². The van der Waals surface area contributed by atoms with E-state index in [0.717, 1.165) is 30.7 Å². The van der Waals surface area contributed by atoms with Gasteiger partial charge in [0.15, 0.2) is 0 Å². The molecule has 0 fully saturated rings. The molecule has 0 saturated carbocycles. The number of amides is 1. The number of aromatic amines is 1. The number of imidazole rings is 1. The van der Waals surface area contributed by atoms with Gasteiger partial charge in [0.1, 0.15) is 22.4 Å². The van der Waals surface area contributed by atoms with Crippen molar-refractivity contribution < 1.29 is 9.63 Å². The average Bonchev–Trinajstić information content (AvgIpc) is 3.23. The van der Waals surface area contributed by atoms with Crippen LogP contribution in [0.3, 0.4) is 0 Å². The normalized spacial score (nSPS) is 16.3. The highest BCUT2D eigenvalue weighted by Gasteiger charge is 2.31. The molecular formula is C18H20Cl2N4O2. The Morgan fingerprint density at radius 2 is 2.23 bits per heavy atom. The highest BCUT2D eigenvalue weighted by Crippen LogP contribution is 2.27. The summed E-state index contributed by atoms with van der Waals surface area (Å²) in [5, 5.41) is 7.71. The van der Waals surface area contributed by atoms with E-state index in [9.17, 15) is 4.79 Å². The maximum Gasteiger partial charge on any atom is 0.268 e. The van der Waals surface area contributed by atoms with Crippen LogP contribution in [-0.4, -0.2) is 27.7 Å². The molecule has 0 bridgehead atoms. The van der Waals surface area contributed by atoms with E-state index in [0.29, 0.717) is 33.7 Å². The largest absolute Gasteiger partial charge is 0.382 e. The van der Waals surface area contributed by atoms with Gasteiger partial charge in [-0.3, -0.25) is 4.79 Å². The molecule has 0 radical (unpaired) electrons. The fraction of sp³-hybridized carbons (Fsp3) is 0.389. The van der Waals surface area contributed by atoms with Crippen molar-refractivity contribution in [1.82, 2.24) is 9.97 Å². The molecule has 1 aromatic carbocycles. The van der Waals surface area contributed by atoms with Crippen LogP contribution >= 0.6 is 23.2 Å². The summed E-state index contributed by atoms with van der Waals surface area (Å²) in [6.07, 6.45) is 2.47. The summed E-state index contributed by atoms with van der Waals surface area (Å²) in [6, 6.07) is 5.43. The van der Waals surface area contributed by atoms with Crippen LogP contribution in [0.4, 0.5) is 5.69 Å². The predicted octanol–water partition coefficient (Wildman–Crippen LogP) is 4.50. The maximum absolute atomic E-state index is 12.5. The summed E-state index contributed by atoms with van der Waals surface area (Å²) < 4.78 is 0. The predicted molar refractivity (Wildman–Crippen MR) is 103 cm³/mol. The lowest BCUT2D eigenvalue weighted by atomic mass is 10.1. The number of hydrogen-bond acceptors (Lipinski definition) is 4. The summed E-state index contributed by atoms with van der Waals surface area (Å²) in [4.78, 5) is 25.3. The molecule has 1 aliphatic rings. The van der Waals surface area contributed by atoms with Gasteiger partial charge < -0.3 is 15.1 Å². The molecule has 3 rings (SSSR count). The minimum Gasteiger partial charge on any atom is -0.382 e. The molecule has 2 N–H and O–H groups in total. The second-order valence-electron chi connectivity index (χ2n) is 6.21. The van der Waals surface area contributed by atoms with E-state index in [2.05, 4.69) is 27.4 Å². The van der Waals surface area contributed by atoms with Crippen LogP contribution in [0.5, 0.6) is 0 Å². The van der Waals surface area contributed by atoms with Crippen molar-refractivity contribution in [1.29, 1.82) is 0 Å². The number of benzene rings is 1. The first-order valence-corrected chi connectivity index (χ1v) is 9.28. The van der Waals surface area contributed by atoms with E-state index in [-0.39, 0.29) is 5.91 Å². The Hall–Kier alpha value is -2.05. The molecule has 2 aromatic rings. The fourth-order valence-electron chi connectivity index (χ4n) is 2.70. The van der Waals surface area contributed by atoms with E-state index < -0.39 is 6.10 Å². The van der Waals surface area contributed by atoms with E-state index in [1.807, 2.05) is 19.1 Å². The van der Waals surface area contributed by atoms with Gasteiger partial charge >= 0.3 is 0 Å². The number of H-pyrrole nitrogens is 1. The number of nitrogens with zero attached hydrogens (tertiary/aromatic N) is 2. The Morgan fingerprint density at radius 3 is 2.96 bits per heavy atom. The molecule has 0 saturated heterocycles. The Labute approximate surface area is 161 Å². The smallest absolute Gasteiger partial charge is 0.268 e. The van der Waals surface area contributed by atoms with E-state index in [1.165, 1.54) is 0 Å². The molecule has 0 spiro atoms. The lowest BCUT2D eigenvalue weighted by molar-refractivity contribution is -0.125. The summed E-state index contributed by atoms with van der Waals surface area (Å²) in [5.41, 5.74) is 2.56. The summed E-state index contributed by atoms with van der Waals surface area (Å²) >= 11 is 12.4. The quantitative estimate of drug-likeness (QED) is 0.756. The Bertz CT molecular complexity index is 827. The van der Waals surface area contributed by atoms with Crippen molar-refractivity contribution in [2.24, 2.45) is 5.16 Å². The molecule has 6 nitrogen and oxygen atoms in total. The molecule has 1 atom stereocenters. The second kappa shape index (κ2) is 8.10. The van der Waals surface area contributed by atoms with Crippen LogP contribution in [0.25, 0.3) is 0 Å². The first-order valence-electron chi connectivity index (χ1n) is 8.53. The van der Waals surface area contributed by atoms with Gasteiger partial charge in [0, 0.05) is 12.8 Å². The van der Waals surface area contributed by atoms with Gasteiger partial charge in [-0.05, 0) is 25.0 Å². The third kappa shape index (κ3) is 4.02. The van der Waals surface area contributed by atoms with Crippen molar-refractivity contribution in [2.45, 2.75) is 45.6 Å². The van der Waals surface area contributed by atoms with Crippen molar-refractivity contribution in [2.75, 3.05) is 5.32 Å². The summed E-state index contributed by atoms with van der Waals surface area (Å²) in [6.45, 7) is 3.99. The fourth-order valence-corrected chi connectivity index (χ4v) is 3.23. The first kappa shape index (κ1) is 18.7. The van der Waals surface area contributed by atoms with Crippen LogP contribution in [-0.2, 0) is 16.1 Å². The zero-order chi connectivity index (χ0) is 18.7. The standard InChI is InChI=1S/C18H20Cl2N4O2/c1-3-4-8-14-21-16(17(20)22-14)12-9-13(26-24-12)18(25)23-15-10(2)6-5-7-11(15)19/h5-7,13H,3-4,8-9H2,1-2H3,(H,21,22)(H,23,25). The lowest BCUT2D eigenvalue weighted by Crippen LogP contribution is -2.28. The zero-order valence-corrected chi connectivity index (χ0v) is 16.1. The van der Waals surface area contributed by atoms with E-state index in [4.69, 9.17) is 28.0 Å². The molecule has 2 heterocycles. The van der Waals surface area contributed by atoms with Crippen LogP contribution in [0.2, 0.25) is 10.2 Å². The van der Waals surface area contributed by atoms with Crippen LogP contribution in [0, 0.1) is 6.92 Å². The molecule has 0 aliphatic carbocycles. The molecule has 138 valence electrons. The Kier molecular flexibility index (Phi) is 5.84. The second-order valence-corrected chi connectivity index (χ2v) is 6.99. The van der Waals surface area contributed by atoms with E-state index >= 15 is 0 Å². The van der Waals surface area contributed by atoms with E-state index in [1.54, 1.807) is 6.07 Å². The van der Waals surface area contributed by atoms with Gasteiger partial charge in [-0.1, -0.05) is 53.8 Å². The molecular weight excluding hydrogens is 375 g/mol. The Morgan fingerprint density at radius 1 is 1.42 bits per heavy atom.